The number of likely N-dealkylation sites (tertiary alicyclic amines) is 2. The van der Waals surface area contributed by atoms with Crippen LogP contribution >= 0.6 is 23.2 Å². The van der Waals surface area contributed by atoms with Crippen LogP contribution in [0.4, 0.5) is 5.82 Å². The van der Waals surface area contributed by atoms with Gasteiger partial charge in [-0.2, -0.15) is 0 Å². The van der Waals surface area contributed by atoms with E-state index in [0.717, 1.165) is 43.7 Å². The fourth-order valence-electron chi connectivity index (χ4n) is 5.75. The van der Waals surface area contributed by atoms with Gasteiger partial charge in [-0.15, -0.1) is 0 Å². The number of rotatable bonds is 8. The van der Waals surface area contributed by atoms with E-state index in [1.54, 1.807) is 36.5 Å². The largest absolute Gasteiger partial charge is 0.320 e. The molecule has 0 radical (unpaired) electrons. The molecule has 39 heavy (non-hydrogen) atoms. The molecule has 206 valence electrons. The Bertz CT molecular complexity index is 1400. The highest BCUT2D eigenvalue weighted by molar-refractivity contribution is 7.89. The molecule has 0 bridgehead atoms. The van der Waals surface area contributed by atoms with Crippen molar-refractivity contribution < 1.29 is 13.2 Å². The van der Waals surface area contributed by atoms with E-state index < -0.39 is 10.0 Å². The van der Waals surface area contributed by atoms with Crippen molar-refractivity contribution in [1.29, 1.82) is 0 Å². The van der Waals surface area contributed by atoms with Gasteiger partial charge in [0.2, 0.25) is 15.8 Å². The van der Waals surface area contributed by atoms with Gasteiger partial charge in [-0.05, 0) is 68.2 Å². The van der Waals surface area contributed by atoms with Crippen LogP contribution in [0.5, 0.6) is 0 Å². The molecule has 1 aromatic heterocycles. The van der Waals surface area contributed by atoms with Crippen LogP contribution in [0.3, 0.4) is 0 Å². The van der Waals surface area contributed by atoms with Crippen molar-refractivity contribution in [3.63, 3.8) is 0 Å². The van der Waals surface area contributed by atoms with Crippen LogP contribution in [-0.2, 0) is 14.8 Å². The Morgan fingerprint density at radius 3 is 2.38 bits per heavy atom. The third kappa shape index (κ3) is 6.37. The fraction of sp³-hybridized carbons (Fsp3) is 0.379. The number of carbonyl (C=O) groups excluding carboxylic acids is 1. The summed E-state index contributed by atoms with van der Waals surface area (Å²) in [5.74, 6) is 1.09. The SMILES string of the molecule is O=C1CCC(c2ccc(Cl)c(Cl)c2)C[N+]1(CCN1CCC(NS(=O)(=O)c2ccccc2)CC1)c1ccccn1. The molecule has 5 rings (SSSR count). The van der Waals surface area contributed by atoms with Gasteiger partial charge < -0.3 is 0 Å². The lowest BCUT2D eigenvalue weighted by atomic mass is 9.88. The van der Waals surface area contributed by atoms with Crippen molar-refractivity contribution in [3.05, 3.63) is 88.5 Å². The number of quaternary nitrogens is 1. The maximum atomic E-state index is 13.6. The van der Waals surface area contributed by atoms with E-state index in [0.29, 0.717) is 36.1 Å². The van der Waals surface area contributed by atoms with Gasteiger partial charge in [-0.3, -0.25) is 4.90 Å². The zero-order chi connectivity index (χ0) is 27.5. The number of nitrogens with one attached hydrogen (secondary N) is 1. The van der Waals surface area contributed by atoms with Crippen molar-refractivity contribution >= 4 is 45.0 Å². The number of hydrogen-bond acceptors (Lipinski definition) is 5. The molecular weight excluding hydrogens is 555 g/mol. The van der Waals surface area contributed by atoms with E-state index in [4.69, 9.17) is 23.2 Å². The lowest BCUT2D eigenvalue weighted by molar-refractivity contribution is -0.133. The Hall–Kier alpha value is -2.33. The number of amides is 1. The summed E-state index contributed by atoms with van der Waals surface area (Å²) < 4.78 is 28.6. The van der Waals surface area contributed by atoms with Crippen LogP contribution in [0, 0.1) is 0 Å². The quantitative estimate of drug-likeness (QED) is 0.364. The maximum absolute atomic E-state index is 13.6. The molecule has 0 aliphatic carbocycles. The maximum Gasteiger partial charge on any atom is 0.320 e. The Morgan fingerprint density at radius 2 is 1.69 bits per heavy atom. The van der Waals surface area contributed by atoms with Crippen LogP contribution in [0.15, 0.2) is 77.8 Å². The van der Waals surface area contributed by atoms with Gasteiger partial charge in [0.25, 0.3) is 0 Å². The van der Waals surface area contributed by atoms with Gasteiger partial charge in [0, 0.05) is 30.8 Å². The molecule has 0 saturated carbocycles. The van der Waals surface area contributed by atoms with Gasteiger partial charge in [0.05, 0.1) is 27.9 Å². The van der Waals surface area contributed by atoms with E-state index in [2.05, 4.69) is 14.6 Å². The third-order valence-electron chi connectivity index (χ3n) is 7.98. The molecule has 2 fully saturated rings. The van der Waals surface area contributed by atoms with E-state index in [-0.39, 0.29) is 27.2 Å². The number of benzene rings is 2. The first-order valence-corrected chi connectivity index (χ1v) is 15.6. The first kappa shape index (κ1) is 28.2. The number of aromatic nitrogens is 1. The van der Waals surface area contributed by atoms with Gasteiger partial charge in [0.1, 0.15) is 6.54 Å². The van der Waals surface area contributed by atoms with Crippen molar-refractivity contribution in [2.24, 2.45) is 0 Å². The molecule has 2 saturated heterocycles. The summed E-state index contributed by atoms with van der Waals surface area (Å²) in [6, 6.07) is 19.9. The summed E-state index contributed by atoms with van der Waals surface area (Å²) in [4.78, 5) is 20.9. The summed E-state index contributed by atoms with van der Waals surface area (Å²) in [5, 5.41) is 1.04. The van der Waals surface area contributed by atoms with Gasteiger partial charge >= 0.3 is 5.91 Å². The fourth-order valence-corrected chi connectivity index (χ4v) is 7.38. The number of nitrogens with zero attached hydrogens (tertiary/aromatic N) is 3. The summed E-state index contributed by atoms with van der Waals surface area (Å²) in [5.41, 5.74) is 1.09. The van der Waals surface area contributed by atoms with Crippen LogP contribution in [-0.4, -0.2) is 63.0 Å². The first-order valence-electron chi connectivity index (χ1n) is 13.3. The third-order valence-corrected chi connectivity index (χ3v) is 10.3. The normalized spacial score (nSPS) is 23.1. The molecule has 2 aliphatic rings. The van der Waals surface area contributed by atoms with Crippen LogP contribution in [0.1, 0.15) is 37.2 Å². The smallest absolute Gasteiger partial charge is 0.298 e. The standard InChI is InChI=1S/C29H33Cl2N4O3S/c30-26-11-9-22(20-27(26)31)23-10-12-29(36)35(21-23,28-8-4-5-15-32-28)19-18-34-16-13-24(14-17-34)33-39(37,38)25-6-2-1-3-7-25/h1-9,11,15,20,23-24,33H,10,12-14,16-19,21H2/q+1. The van der Waals surface area contributed by atoms with Crippen molar-refractivity contribution in [3.8, 4) is 0 Å². The van der Waals surface area contributed by atoms with E-state index in [1.807, 2.05) is 36.4 Å². The number of sulfonamides is 1. The second-order valence-electron chi connectivity index (χ2n) is 10.4. The van der Waals surface area contributed by atoms with Crippen molar-refractivity contribution in [2.75, 3.05) is 32.7 Å². The first-order chi connectivity index (χ1) is 18.8. The van der Waals surface area contributed by atoms with Crippen LogP contribution < -0.4 is 9.21 Å². The molecule has 2 aliphatic heterocycles. The highest BCUT2D eigenvalue weighted by Crippen LogP contribution is 2.37. The summed E-state index contributed by atoms with van der Waals surface area (Å²) in [6.45, 7) is 3.45. The summed E-state index contributed by atoms with van der Waals surface area (Å²) in [6.07, 6.45) is 4.40. The van der Waals surface area contributed by atoms with Gasteiger partial charge in [0.15, 0.2) is 0 Å². The number of piperidine rings is 2. The zero-order valence-electron chi connectivity index (χ0n) is 21.7. The van der Waals surface area contributed by atoms with E-state index >= 15 is 0 Å². The number of halogens is 2. The second-order valence-corrected chi connectivity index (χ2v) is 12.9. The molecular formula is C29H33Cl2N4O3S+. The Labute approximate surface area is 240 Å². The lowest BCUT2D eigenvalue weighted by Crippen LogP contribution is -2.62. The molecule has 1 amide bonds. The highest BCUT2D eigenvalue weighted by Gasteiger charge is 2.46. The molecule has 3 aromatic rings. The van der Waals surface area contributed by atoms with Crippen molar-refractivity contribution in [1.82, 2.24) is 19.1 Å². The van der Waals surface area contributed by atoms with E-state index in [9.17, 15) is 13.2 Å². The Morgan fingerprint density at radius 1 is 0.949 bits per heavy atom. The number of pyridine rings is 1. The minimum absolute atomic E-state index is 0.110. The number of carbonyl (C=O) groups is 1. The summed E-state index contributed by atoms with van der Waals surface area (Å²) in [7, 11) is -3.54. The molecule has 3 heterocycles. The zero-order valence-corrected chi connectivity index (χ0v) is 24.0. The average molecular weight is 589 g/mol. The molecule has 2 atom stereocenters. The number of hydrogen-bond donors (Lipinski definition) is 1. The van der Waals surface area contributed by atoms with Gasteiger partial charge in [-0.25, -0.2) is 27.4 Å². The minimum atomic E-state index is -3.54. The lowest BCUT2D eigenvalue weighted by Gasteiger charge is -2.42. The molecule has 2 aromatic carbocycles. The second kappa shape index (κ2) is 12.0. The van der Waals surface area contributed by atoms with Crippen LogP contribution in [0.2, 0.25) is 10.0 Å². The predicted octanol–water partition coefficient (Wildman–Crippen LogP) is 5.24. The average Bonchev–Trinajstić information content (AvgIpc) is 2.96. The Balaban J connectivity index is 1.27. The topological polar surface area (TPSA) is 79.4 Å². The molecule has 10 heteroatoms. The van der Waals surface area contributed by atoms with Gasteiger partial charge in [-0.1, -0.05) is 53.5 Å². The van der Waals surface area contributed by atoms with Crippen molar-refractivity contribution in [2.45, 2.75) is 42.5 Å². The van der Waals surface area contributed by atoms with E-state index in [1.165, 1.54) is 0 Å². The monoisotopic (exact) mass is 587 g/mol. The molecule has 7 nitrogen and oxygen atoms in total. The molecule has 1 N–H and O–H groups in total. The molecule has 0 spiro atoms. The van der Waals surface area contributed by atoms with Crippen LogP contribution in [0.25, 0.3) is 0 Å². The summed E-state index contributed by atoms with van der Waals surface area (Å²) >= 11 is 12.5. The highest BCUT2D eigenvalue weighted by atomic mass is 35.5. The Kier molecular flexibility index (Phi) is 8.71. The molecule has 2 unspecified atom stereocenters. The minimum Gasteiger partial charge on any atom is -0.298 e. The predicted molar refractivity (Wildman–Crippen MR) is 155 cm³/mol.